The molecule has 1 aliphatic carbocycles. The first-order valence-electron chi connectivity index (χ1n) is 5.70. The van der Waals surface area contributed by atoms with Gasteiger partial charge in [-0.05, 0) is 18.8 Å². The number of nitrogens with one attached hydrogen (secondary N) is 2. The summed E-state index contributed by atoms with van der Waals surface area (Å²) in [5, 5.41) is 10.4. The minimum Gasteiger partial charge on any atom is -0.300 e. The van der Waals surface area contributed by atoms with E-state index in [0.717, 1.165) is 30.4 Å². The van der Waals surface area contributed by atoms with Crippen molar-refractivity contribution in [2.75, 3.05) is 16.3 Å². The van der Waals surface area contributed by atoms with E-state index in [0.29, 0.717) is 6.42 Å². The van der Waals surface area contributed by atoms with Crippen LogP contribution in [0.25, 0.3) is 0 Å². The molecule has 0 saturated carbocycles. The molecule has 104 valence electrons. The second-order valence-corrected chi connectivity index (χ2v) is 7.03. The maximum absolute atomic E-state index is 11.7. The van der Waals surface area contributed by atoms with E-state index in [1.54, 1.807) is 0 Å². The molecule has 1 atom stereocenters. The molecule has 0 radical (unpaired) electrons. The highest BCUT2D eigenvalue weighted by Gasteiger charge is 2.16. The minimum absolute atomic E-state index is 0.138. The molecular formula is C10H14N4O3S2. The minimum atomic E-state index is -3.37. The van der Waals surface area contributed by atoms with Crippen LogP contribution >= 0.6 is 11.3 Å². The number of carbonyl (C=O) groups is 1. The van der Waals surface area contributed by atoms with E-state index in [2.05, 4.69) is 26.3 Å². The van der Waals surface area contributed by atoms with Crippen LogP contribution in [0.4, 0.5) is 10.3 Å². The van der Waals surface area contributed by atoms with Gasteiger partial charge in [0.25, 0.3) is 0 Å². The van der Waals surface area contributed by atoms with Crippen molar-refractivity contribution >= 4 is 37.5 Å². The van der Waals surface area contributed by atoms with Crippen molar-refractivity contribution in [3.63, 3.8) is 0 Å². The zero-order chi connectivity index (χ0) is 13.9. The van der Waals surface area contributed by atoms with Crippen LogP contribution in [0, 0.1) is 5.92 Å². The van der Waals surface area contributed by atoms with Crippen molar-refractivity contribution < 1.29 is 13.2 Å². The number of allylic oxidation sites excluding steroid dienone is 2. The zero-order valence-corrected chi connectivity index (χ0v) is 11.9. The number of amides is 1. The van der Waals surface area contributed by atoms with Crippen LogP contribution in [0.1, 0.15) is 19.3 Å². The van der Waals surface area contributed by atoms with Crippen LogP contribution in [0.15, 0.2) is 12.2 Å². The van der Waals surface area contributed by atoms with Gasteiger partial charge in [0.2, 0.25) is 26.2 Å². The SMILES string of the molecule is CS(=O)(=O)Nc1nnc(NC(=O)C[C@H]2C=CCC2)s1. The normalized spacial score (nSPS) is 18.5. The van der Waals surface area contributed by atoms with Gasteiger partial charge in [-0.25, -0.2) is 8.42 Å². The van der Waals surface area contributed by atoms with E-state index in [9.17, 15) is 13.2 Å². The summed E-state index contributed by atoms with van der Waals surface area (Å²) in [6.07, 6.45) is 7.54. The number of hydrogen-bond acceptors (Lipinski definition) is 6. The molecule has 1 amide bonds. The molecule has 1 heterocycles. The van der Waals surface area contributed by atoms with E-state index in [4.69, 9.17) is 0 Å². The molecule has 7 nitrogen and oxygen atoms in total. The summed E-state index contributed by atoms with van der Waals surface area (Å²) in [5.74, 6) is 0.139. The molecule has 9 heteroatoms. The number of rotatable bonds is 5. The van der Waals surface area contributed by atoms with Crippen LogP contribution in [0.2, 0.25) is 0 Å². The average molecular weight is 302 g/mol. The maximum atomic E-state index is 11.7. The predicted molar refractivity (Wildman–Crippen MR) is 73.5 cm³/mol. The Balaban J connectivity index is 1.88. The maximum Gasteiger partial charge on any atom is 0.231 e. The fraction of sp³-hybridized carbons (Fsp3) is 0.500. The van der Waals surface area contributed by atoms with Crippen molar-refractivity contribution in [2.45, 2.75) is 19.3 Å². The van der Waals surface area contributed by atoms with Gasteiger partial charge in [-0.15, -0.1) is 10.2 Å². The van der Waals surface area contributed by atoms with Gasteiger partial charge in [0, 0.05) is 6.42 Å². The predicted octanol–water partition coefficient (Wildman–Crippen LogP) is 1.20. The lowest BCUT2D eigenvalue weighted by atomic mass is 10.1. The lowest BCUT2D eigenvalue weighted by Gasteiger charge is -2.05. The number of sulfonamides is 1. The third-order valence-electron chi connectivity index (χ3n) is 2.50. The molecular weight excluding hydrogens is 288 g/mol. The molecule has 1 aromatic heterocycles. The van der Waals surface area contributed by atoms with Gasteiger partial charge < -0.3 is 5.32 Å². The Hall–Kier alpha value is -1.48. The van der Waals surface area contributed by atoms with Crippen molar-refractivity contribution in [2.24, 2.45) is 5.92 Å². The van der Waals surface area contributed by atoms with Crippen molar-refractivity contribution in [3.05, 3.63) is 12.2 Å². The Morgan fingerprint density at radius 1 is 1.47 bits per heavy atom. The molecule has 0 fully saturated rings. The lowest BCUT2D eigenvalue weighted by molar-refractivity contribution is -0.116. The van der Waals surface area contributed by atoms with Gasteiger partial charge in [0.05, 0.1) is 6.26 Å². The lowest BCUT2D eigenvalue weighted by Crippen LogP contribution is -2.14. The topological polar surface area (TPSA) is 101 Å². The van der Waals surface area contributed by atoms with Gasteiger partial charge in [-0.2, -0.15) is 0 Å². The van der Waals surface area contributed by atoms with E-state index in [-0.39, 0.29) is 22.1 Å². The molecule has 0 spiro atoms. The first kappa shape index (κ1) is 13.9. The molecule has 1 aromatic rings. The smallest absolute Gasteiger partial charge is 0.231 e. The summed E-state index contributed by atoms with van der Waals surface area (Å²) < 4.78 is 24.2. The fourth-order valence-electron chi connectivity index (χ4n) is 1.75. The van der Waals surface area contributed by atoms with E-state index in [1.165, 1.54) is 0 Å². The Labute approximate surface area is 115 Å². The molecule has 19 heavy (non-hydrogen) atoms. The molecule has 0 aliphatic heterocycles. The summed E-state index contributed by atoms with van der Waals surface area (Å²) in [4.78, 5) is 11.7. The number of anilines is 2. The standard InChI is InChI=1S/C10H14N4O3S2/c1-19(16,17)14-10-13-12-9(18-10)11-8(15)6-7-4-2-3-5-7/h2,4,7H,3,5-6H2,1H3,(H,13,14)(H,11,12,15)/t7-/m0/s1. The molecule has 0 unspecified atom stereocenters. The highest BCUT2D eigenvalue weighted by Crippen LogP contribution is 2.23. The van der Waals surface area contributed by atoms with Gasteiger partial charge in [-0.1, -0.05) is 23.5 Å². The Morgan fingerprint density at radius 2 is 2.21 bits per heavy atom. The summed E-state index contributed by atoms with van der Waals surface area (Å²) in [7, 11) is -3.37. The van der Waals surface area contributed by atoms with Crippen molar-refractivity contribution in [3.8, 4) is 0 Å². The van der Waals surface area contributed by atoms with Crippen molar-refractivity contribution in [1.82, 2.24) is 10.2 Å². The van der Waals surface area contributed by atoms with Crippen LogP contribution in [0.3, 0.4) is 0 Å². The summed E-state index contributed by atoms with van der Waals surface area (Å²) in [5.41, 5.74) is 0. The second kappa shape index (κ2) is 5.66. The third kappa shape index (κ3) is 4.60. The quantitative estimate of drug-likeness (QED) is 0.796. The first-order valence-corrected chi connectivity index (χ1v) is 8.41. The van der Waals surface area contributed by atoms with Crippen LogP contribution < -0.4 is 10.0 Å². The van der Waals surface area contributed by atoms with Crippen LogP contribution in [-0.2, 0) is 14.8 Å². The number of nitrogens with zero attached hydrogens (tertiary/aromatic N) is 2. The van der Waals surface area contributed by atoms with Gasteiger partial charge in [-0.3, -0.25) is 9.52 Å². The highest BCUT2D eigenvalue weighted by atomic mass is 32.2. The monoisotopic (exact) mass is 302 g/mol. The van der Waals surface area contributed by atoms with E-state index >= 15 is 0 Å². The molecule has 0 aromatic carbocycles. The summed E-state index contributed by atoms with van der Waals surface area (Å²) in [6.45, 7) is 0. The van der Waals surface area contributed by atoms with Crippen molar-refractivity contribution in [1.29, 1.82) is 0 Å². The molecule has 2 rings (SSSR count). The number of aromatic nitrogens is 2. The molecule has 1 aliphatic rings. The largest absolute Gasteiger partial charge is 0.300 e. The summed E-state index contributed by atoms with van der Waals surface area (Å²) >= 11 is 0.984. The van der Waals surface area contributed by atoms with Gasteiger partial charge in [0.1, 0.15) is 0 Å². The highest BCUT2D eigenvalue weighted by molar-refractivity contribution is 7.92. The Bertz CT molecular complexity index is 594. The number of hydrogen-bond donors (Lipinski definition) is 2. The Morgan fingerprint density at radius 3 is 2.84 bits per heavy atom. The average Bonchev–Trinajstić information content (AvgIpc) is 2.88. The van der Waals surface area contributed by atoms with Gasteiger partial charge in [0.15, 0.2) is 0 Å². The Kier molecular flexibility index (Phi) is 4.15. The third-order valence-corrected chi connectivity index (χ3v) is 3.95. The molecule has 0 saturated heterocycles. The molecule has 2 N–H and O–H groups in total. The first-order chi connectivity index (χ1) is 8.92. The van der Waals surface area contributed by atoms with Gasteiger partial charge >= 0.3 is 0 Å². The fourth-order valence-corrected chi connectivity index (χ4v) is 3.24. The van der Waals surface area contributed by atoms with E-state index < -0.39 is 10.0 Å². The zero-order valence-electron chi connectivity index (χ0n) is 10.3. The van der Waals surface area contributed by atoms with Crippen LogP contribution in [-0.4, -0.2) is 30.8 Å². The van der Waals surface area contributed by atoms with Crippen LogP contribution in [0.5, 0.6) is 0 Å². The number of carbonyl (C=O) groups excluding carboxylic acids is 1. The van der Waals surface area contributed by atoms with E-state index in [1.807, 2.05) is 6.08 Å². The summed E-state index contributed by atoms with van der Waals surface area (Å²) in [6, 6.07) is 0. The second-order valence-electron chi connectivity index (χ2n) is 4.30. The molecule has 0 bridgehead atoms.